The summed E-state index contributed by atoms with van der Waals surface area (Å²) in [6, 6.07) is 12.3. The first-order chi connectivity index (χ1) is 9.69. The SMILES string of the molecule is CCCc1ccc(-n2c(N)nc3ccc(C)nc32)cc1. The monoisotopic (exact) mass is 266 g/mol. The third kappa shape index (κ3) is 2.13. The number of benzene rings is 1. The van der Waals surface area contributed by atoms with Crippen molar-refractivity contribution in [1.82, 2.24) is 14.5 Å². The molecule has 0 atom stereocenters. The number of nitrogens with two attached hydrogens (primary N) is 1. The first-order valence-electron chi connectivity index (χ1n) is 6.90. The van der Waals surface area contributed by atoms with Gasteiger partial charge in [0.05, 0.1) is 5.69 Å². The molecule has 3 aromatic rings. The number of aromatic nitrogens is 3. The van der Waals surface area contributed by atoms with Crippen LogP contribution in [0.5, 0.6) is 0 Å². The van der Waals surface area contributed by atoms with Crippen LogP contribution < -0.4 is 5.73 Å². The molecule has 2 heterocycles. The van der Waals surface area contributed by atoms with E-state index in [0.717, 1.165) is 35.4 Å². The maximum Gasteiger partial charge on any atom is 0.207 e. The van der Waals surface area contributed by atoms with E-state index in [4.69, 9.17) is 5.73 Å². The molecule has 0 aliphatic carbocycles. The summed E-state index contributed by atoms with van der Waals surface area (Å²) in [5.41, 5.74) is 11.0. The van der Waals surface area contributed by atoms with Gasteiger partial charge >= 0.3 is 0 Å². The van der Waals surface area contributed by atoms with Gasteiger partial charge in [-0.25, -0.2) is 9.97 Å². The Bertz CT molecular complexity index is 741. The van der Waals surface area contributed by atoms with E-state index in [0.29, 0.717) is 5.95 Å². The molecular formula is C16H18N4. The third-order valence-electron chi connectivity index (χ3n) is 3.40. The Kier molecular flexibility index (Phi) is 3.14. The van der Waals surface area contributed by atoms with Crippen LogP contribution in [0.1, 0.15) is 24.6 Å². The Morgan fingerprint density at radius 2 is 1.80 bits per heavy atom. The fraction of sp³-hybridized carbons (Fsp3) is 0.250. The lowest BCUT2D eigenvalue weighted by Gasteiger charge is -2.07. The molecule has 0 aliphatic heterocycles. The number of nitrogen functional groups attached to an aromatic ring is 1. The van der Waals surface area contributed by atoms with Crippen molar-refractivity contribution in [2.45, 2.75) is 26.7 Å². The molecule has 4 heteroatoms. The second-order valence-electron chi connectivity index (χ2n) is 5.02. The van der Waals surface area contributed by atoms with Crippen LogP contribution >= 0.6 is 0 Å². The van der Waals surface area contributed by atoms with E-state index in [1.165, 1.54) is 5.56 Å². The number of hydrogen-bond acceptors (Lipinski definition) is 3. The van der Waals surface area contributed by atoms with E-state index in [1.54, 1.807) is 0 Å². The van der Waals surface area contributed by atoms with Crippen LogP contribution in [0.25, 0.3) is 16.9 Å². The van der Waals surface area contributed by atoms with Crippen molar-refractivity contribution in [3.63, 3.8) is 0 Å². The molecule has 102 valence electrons. The highest BCUT2D eigenvalue weighted by Crippen LogP contribution is 2.22. The minimum Gasteiger partial charge on any atom is -0.369 e. The highest BCUT2D eigenvalue weighted by Gasteiger charge is 2.11. The molecule has 0 unspecified atom stereocenters. The van der Waals surface area contributed by atoms with E-state index >= 15 is 0 Å². The average Bonchev–Trinajstić information content (AvgIpc) is 2.76. The van der Waals surface area contributed by atoms with Crippen molar-refractivity contribution in [3.05, 3.63) is 47.7 Å². The van der Waals surface area contributed by atoms with E-state index in [2.05, 4.69) is 41.2 Å². The predicted octanol–water partition coefficient (Wildman–Crippen LogP) is 3.26. The quantitative estimate of drug-likeness (QED) is 0.791. The number of fused-ring (bicyclic) bond motifs is 1. The predicted molar refractivity (Wildman–Crippen MR) is 82.0 cm³/mol. The summed E-state index contributed by atoms with van der Waals surface area (Å²) in [5.74, 6) is 0.473. The summed E-state index contributed by atoms with van der Waals surface area (Å²) < 4.78 is 1.90. The number of nitrogens with zero attached hydrogens (tertiary/aromatic N) is 3. The number of aryl methyl sites for hydroxylation is 2. The molecule has 0 bridgehead atoms. The molecular weight excluding hydrogens is 248 g/mol. The van der Waals surface area contributed by atoms with Crippen molar-refractivity contribution in [2.75, 3.05) is 5.73 Å². The third-order valence-corrected chi connectivity index (χ3v) is 3.40. The van der Waals surface area contributed by atoms with E-state index in [9.17, 15) is 0 Å². The summed E-state index contributed by atoms with van der Waals surface area (Å²) in [6.45, 7) is 4.15. The normalized spacial score (nSPS) is 11.1. The number of rotatable bonds is 3. The van der Waals surface area contributed by atoms with Gasteiger partial charge in [-0.05, 0) is 43.2 Å². The van der Waals surface area contributed by atoms with Crippen LogP contribution in [0.4, 0.5) is 5.95 Å². The van der Waals surface area contributed by atoms with Gasteiger partial charge in [-0.2, -0.15) is 0 Å². The molecule has 1 aromatic carbocycles. The minimum absolute atomic E-state index is 0.473. The summed E-state index contributed by atoms with van der Waals surface area (Å²) in [7, 11) is 0. The molecule has 0 fully saturated rings. The Morgan fingerprint density at radius 1 is 1.05 bits per heavy atom. The largest absolute Gasteiger partial charge is 0.369 e. The van der Waals surface area contributed by atoms with Gasteiger partial charge in [-0.3, -0.25) is 4.57 Å². The van der Waals surface area contributed by atoms with Crippen LogP contribution in [-0.4, -0.2) is 14.5 Å². The molecule has 0 saturated carbocycles. The fourth-order valence-corrected chi connectivity index (χ4v) is 2.42. The summed E-state index contributed by atoms with van der Waals surface area (Å²) >= 11 is 0. The van der Waals surface area contributed by atoms with Gasteiger partial charge in [0, 0.05) is 5.69 Å². The molecule has 4 nitrogen and oxygen atoms in total. The Hall–Kier alpha value is -2.36. The zero-order valence-corrected chi connectivity index (χ0v) is 11.8. The molecule has 3 rings (SSSR count). The maximum absolute atomic E-state index is 6.04. The first-order valence-corrected chi connectivity index (χ1v) is 6.90. The van der Waals surface area contributed by atoms with Crippen molar-refractivity contribution in [3.8, 4) is 5.69 Å². The van der Waals surface area contributed by atoms with Gasteiger partial charge in [0.15, 0.2) is 5.65 Å². The second-order valence-corrected chi connectivity index (χ2v) is 5.02. The van der Waals surface area contributed by atoms with Crippen LogP contribution in [0, 0.1) is 6.92 Å². The molecule has 0 amide bonds. The molecule has 20 heavy (non-hydrogen) atoms. The topological polar surface area (TPSA) is 56.7 Å². The van der Waals surface area contributed by atoms with Gasteiger partial charge in [-0.15, -0.1) is 0 Å². The Balaban J connectivity index is 2.13. The number of imidazole rings is 1. The molecule has 0 aliphatic rings. The maximum atomic E-state index is 6.04. The van der Waals surface area contributed by atoms with Crippen LogP contribution in [-0.2, 0) is 6.42 Å². The van der Waals surface area contributed by atoms with Gasteiger partial charge in [0.25, 0.3) is 0 Å². The average molecular weight is 266 g/mol. The highest BCUT2D eigenvalue weighted by molar-refractivity contribution is 5.77. The lowest BCUT2D eigenvalue weighted by molar-refractivity contribution is 0.920. The lowest BCUT2D eigenvalue weighted by atomic mass is 10.1. The smallest absolute Gasteiger partial charge is 0.207 e. The fourth-order valence-electron chi connectivity index (χ4n) is 2.42. The van der Waals surface area contributed by atoms with E-state index < -0.39 is 0 Å². The Morgan fingerprint density at radius 3 is 2.50 bits per heavy atom. The summed E-state index contributed by atoms with van der Waals surface area (Å²) in [4.78, 5) is 8.92. The van der Waals surface area contributed by atoms with Crippen molar-refractivity contribution in [2.24, 2.45) is 0 Å². The van der Waals surface area contributed by atoms with E-state index in [1.807, 2.05) is 23.6 Å². The standard InChI is InChI=1S/C16H18N4/c1-3-4-12-6-8-13(9-7-12)20-15-14(19-16(20)17)10-5-11(2)18-15/h5-10H,3-4H2,1-2H3,(H2,17,19). The number of hydrogen-bond donors (Lipinski definition) is 1. The number of anilines is 1. The summed E-state index contributed by atoms with van der Waals surface area (Å²) in [6.07, 6.45) is 2.24. The lowest BCUT2D eigenvalue weighted by Crippen LogP contribution is -2.02. The Labute approximate surface area is 118 Å². The molecule has 2 N–H and O–H groups in total. The van der Waals surface area contributed by atoms with Crippen LogP contribution in [0.15, 0.2) is 36.4 Å². The van der Waals surface area contributed by atoms with Gasteiger partial charge < -0.3 is 5.73 Å². The molecule has 0 saturated heterocycles. The van der Waals surface area contributed by atoms with Crippen LogP contribution in [0.3, 0.4) is 0 Å². The summed E-state index contributed by atoms with van der Waals surface area (Å²) in [5, 5.41) is 0. The van der Waals surface area contributed by atoms with Crippen molar-refractivity contribution in [1.29, 1.82) is 0 Å². The molecule has 2 aromatic heterocycles. The highest BCUT2D eigenvalue weighted by atomic mass is 15.2. The zero-order chi connectivity index (χ0) is 14.1. The van der Waals surface area contributed by atoms with Gasteiger partial charge in [-0.1, -0.05) is 25.5 Å². The van der Waals surface area contributed by atoms with E-state index in [-0.39, 0.29) is 0 Å². The number of pyridine rings is 1. The first kappa shape index (κ1) is 12.7. The minimum atomic E-state index is 0.473. The van der Waals surface area contributed by atoms with Crippen molar-refractivity contribution >= 4 is 17.1 Å². The second kappa shape index (κ2) is 4.96. The van der Waals surface area contributed by atoms with Crippen molar-refractivity contribution < 1.29 is 0 Å². The van der Waals surface area contributed by atoms with Crippen LogP contribution in [0.2, 0.25) is 0 Å². The van der Waals surface area contributed by atoms with Gasteiger partial charge in [0.1, 0.15) is 5.52 Å². The van der Waals surface area contributed by atoms with Gasteiger partial charge in [0.2, 0.25) is 5.95 Å². The molecule has 0 radical (unpaired) electrons. The zero-order valence-electron chi connectivity index (χ0n) is 11.8. The molecule has 0 spiro atoms.